The Bertz CT molecular complexity index is 172. The standard InChI is InChI=1S/C9H19N3O/c1-2-3-9(13)12-5-4-11-7-8(12)6-10/h8,11H,2-7,10H2,1H3. The van der Waals surface area contributed by atoms with Gasteiger partial charge in [0.15, 0.2) is 0 Å². The topological polar surface area (TPSA) is 58.4 Å². The molecular formula is C9H19N3O. The van der Waals surface area contributed by atoms with E-state index in [-0.39, 0.29) is 11.9 Å². The molecule has 0 aromatic heterocycles. The summed E-state index contributed by atoms with van der Waals surface area (Å²) in [6.07, 6.45) is 1.57. The zero-order valence-electron chi connectivity index (χ0n) is 8.25. The molecule has 13 heavy (non-hydrogen) atoms. The first-order chi connectivity index (χ1) is 6.29. The monoisotopic (exact) mass is 185 g/mol. The maximum Gasteiger partial charge on any atom is 0.222 e. The van der Waals surface area contributed by atoms with Crippen molar-refractivity contribution >= 4 is 5.91 Å². The van der Waals surface area contributed by atoms with E-state index in [1.807, 2.05) is 11.8 Å². The number of nitrogens with one attached hydrogen (secondary N) is 1. The van der Waals surface area contributed by atoms with E-state index in [0.717, 1.165) is 26.1 Å². The Hall–Kier alpha value is -0.610. The highest BCUT2D eigenvalue weighted by Gasteiger charge is 2.24. The Labute approximate surface area is 79.5 Å². The lowest BCUT2D eigenvalue weighted by molar-refractivity contribution is -0.134. The molecule has 0 aliphatic carbocycles. The molecule has 1 saturated heterocycles. The van der Waals surface area contributed by atoms with Crippen LogP contribution in [0.2, 0.25) is 0 Å². The second kappa shape index (κ2) is 5.19. The van der Waals surface area contributed by atoms with E-state index < -0.39 is 0 Å². The third-order valence-electron chi connectivity index (χ3n) is 2.41. The van der Waals surface area contributed by atoms with Crippen molar-refractivity contribution in [2.45, 2.75) is 25.8 Å². The molecule has 1 fully saturated rings. The first kappa shape index (κ1) is 10.5. The van der Waals surface area contributed by atoms with Crippen LogP contribution in [0.15, 0.2) is 0 Å². The van der Waals surface area contributed by atoms with Crippen molar-refractivity contribution in [1.29, 1.82) is 0 Å². The zero-order chi connectivity index (χ0) is 9.68. The van der Waals surface area contributed by atoms with Crippen LogP contribution in [0.4, 0.5) is 0 Å². The minimum atomic E-state index is 0.202. The number of carbonyl (C=O) groups excluding carboxylic acids is 1. The van der Waals surface area contributed by atoms with Crippen molar-refractivity contribution in [2.24, 2.45) is 5.73 Å². The van der Waals surface area contributed by atoms with E-state index in [1.54, 1.807) is 0 Å². The number of amides is 1. The maximum absolute atomic E-state index is 11.6. The Morgan fingerprint density at radius 3 is 3.08 bits per heavy atom. The molecule has 0 saturated carbocycles. The van der Waals surface area contributed by atoms with Crippen LogP contribution in [0.1, 0.15) is 19.8 Å². The summed E-state index contributed by atoms with van der Waals surface area (Å²) in [5, 5.41) is 3.24. The number of hydrogen-bond donors (Lipinski definition) is 2. The molecule has 1 amide bonds. The number of hydrogen-bond acceptors (Lipinski definition) is 3. The van der Waals surface area contributed by atoms with Gasteiger partial charge in [-0.05, 0) is 6.42 Å². The Morgan fingerprint density at radius 2 is 2.46 bits per heavy atom. The molecule has 3 N–H and O–H groups in total. The van der Waals surface area contributed by atoms with Crippen LogP contribution < -0.4 is 11.1 Å². The van der Waals surface area contributed by atoms with Crippen LogP contribution in [-0.2, 0) is 4.79 Å². The fraction of sp³-hybridized carbons (Fsp3) is 0.889. The molecule has 1 atom stereocenters. The number of piperazine rings is 1. The largest absolute Gasteiger partial charge is 0.336 e. The maximum atomic E-state index is 11.6. The van der Waals surface area contributed by atoms with E-state index in [9.17, 15) is 4.79 Å². The van der Waals surface area contributed by atoms with Gasteiger partial charge >= 0.3 is 0 Å². The summed E-state index contributed by atoms with van der Waals surface area (Å²) in [7, 11) is 0. The predicted molar refractivity (Wildman–Crippen MR) is 52.3 cm³/mol. The van der Waals surface area contributed by atoms with Crippen molar-refractivity contribution in [2.75, 3.05) is 26.2 Å². The fourth-order valence-corrected chi connectivity index (χ4v) is 1.66. The molecule has 4 nitrogen and oxygen atoms in total. The summed E-state index contributed by atoms with van der Waals surface area (Å²) in [6, 6.07) is 0.202. The molecule has 4 heteroatoms. The van der Waals surface area contributed by atoms with E-state index in [1.165, 1.54) is 0 Å². The average Bonchev–Trinajstić information content (AvgIpc) is 2.18. The predicted octanol–water partition coefficient (Wildman–Crippen LogP) is -0.454. The van der Waals surface area contributed by atoms with Gasteiger partial charge in [0.05, 0.1) is 6.04 Å². The molecule has 1 rings (SSSR count). The molecule has 0 radical (unpaired) electrons. The van der Waals surface area contributed by atoms with Gasteiger partial charge in [0, 0.05) is 32.6 Å². The number of carbonyl (C=O) groups is 1. The minimum Gasteiger partial charge on any atom is -0.336 e. The fourth-order valence-electron chi connectivity index (χ4n) is 1.66. The van der Waals surface area contributed by atoms with Gasteiger partial charge in [0.1, 0.15) is 0 Å². The lowest BCUT2D eigenvalue weighted by atomic mass is 10.1. The number of nitrogens with zero attached hydrogens (tertiary/aromatic N) is 1. The van der Waals surface area contributed by atoms with E-state index in [4.69, 9.17) is 5.73 Å². The first-order valence-electron chi connectivity index (χ1n) is 4.99. The van der Waals surface area contributed by atoms with Gasteiger partial charge in [-0.25, -0.2) is 0 Å². The van der Waals surface area contributed by atoms with Crippen molar-refractivity contribution in [3.63, 3.8) is 0 Å². The van der Waals surface area contributed by atoms with E-state index in [2.05, 4.69) is 5.32 Å². The summed E-state index contributed by atoms with van der Waals surface area (Å²) >= 11 is 0. The van der Waals surface area contributed by atoms with Gasteiger partial charge in [0.2, 0.25) is 5.91 Å². The molecule has 1 heterocycles. The van der Waals surface area contributed by atoms with Crippen LogP contribution in [0.5, 0.6) is 0 Å². The molecule has 76 valence electrons. The van der Waals surface area contributed by atoms with Gasteiger partial charge < -0.3 is 16.0 Å². The van der Waals surface area contributed by atoms with Crippen molar-refractivity contribution in [3.8, 4) is 0 Å². The third-order valence-corrected chi connectivity index (χ3v) is 2.41. The summed E-state index contributed by atoms with van der Waals surface area (Å²) in [5.41, 5.74) is 5.59. The molecular weight excluding hydrogens is 166 g/mol. The van der Waals surface area contributed by atoms with Gasteiger partial charge in [-0.1, -0.05) is 6.92 Å². The van der Waals surface area contributed by atoms with Crippen LogP contribution in [0.3, 0.4) is 0 Å². The van der Waals surface area contributed by atoms with Crippen molar-refractivity contribution in [1.82, 2.24) is 10.2 Å². The Kier molecular flexibility index (Phi) is 4.18. The second-order valence-corrected chi connectivity index (χ2v) is 3.43. The highest BCUT2D eigenvalue weighted by Crippen LogP contribution is 2.05. The Balaban J connectivity index is 2.48. The summed E-state index contributed by atoms with van der Waals surface area (Å²) in [6.45, 7) is 5.12. The minimum absolute atomic E-state index is 0.202. The molecule has 0 aromatic carbocycles. The zero-order valence-corrected chi connectivity index (χ0v) is 8.25. The third kappa shape index (κ3) is 2.67. The summed E-state index contributed by atoms with van der Waals surface area (Å²) in [4.78, 5) is 13.5. The molecule has 1 unspecified atom stereocenters. The summed E-state index contributed by atoms with van der Waals surface area (Å²) in [5.74, 6) is 0.249. The molecule has 0 spiro atoms. The second-order valence-electron chi connectivity index (χ2n) is 3.43. The van der Waals surface area contributed by atoms with Crippen LogP contribution in [-0.4, -0.2) is 43.0 Å². The molecule has 1 aliphatic rings. The lowest BCUT2D eigenvalue weighted by Gasteiger charge is -2.35. The quantitative estimate of drug-likeness (QED) is 0.626. The SMILES string of the molecule is CCCC(=O)N1CCNCC1CN. The first-order valence-corrected chi connectivity index (χ1v) is 4.99. The molecule has 1 aliphatic heterocycles. The number of nitrogens with two attached hydrogens (primary N) is 1. The van der Waals surface area contributed by atoms with Gasteiger partial charge in [-0.2, -0.15) is 0 Å². The molecule has 0 aromatic rings. The highest BCUT2D eigenvalue weighted by atomic mass is 16.2. The number of rotatable bonds is 3. The smallest absolute Gasteiger partial charge is 0.222 e. The van der Waals surface area contributed by atoms with Crippen molar-refractivity contribution in [3.05, 3.63) is 0 Å². The normalized spacial score (nSPS) is 23.2. The van der Waals surface area contributed by atoms with Crippen molar-refractivity contribution < 1.29 is 4.79 Å². The average molecular weight is 185 g/mol. The van der Waals surface area contributed by atoms with Crippen LogP contribution in [0.25, 0.3) is 0 Å². The highest BCUT2D eigenvalue weighted by molar-refractivity contribution is 5.76. The van der Waals surface area contributed by atoms with Gasteiger partial charge in [-0.15, -0.1) is 0 Å². The lowest BCUT2D eigenvalue weighted by Crippen LogP contribution is -2.56. The van der Waals surface area contributed by atoms with Crippen LogP contribution in [0, 0.1) is 0 Å². The Morgan fingerprint density at radius 1 is 1.69 bits per heavy atom. The van der Waals surface area contributed by atoms with E-state index in [0.29, 0.717) is 13.0 Å². The van der Waals surface area contributed by atoms with Gasteiger partial charge in [-0.3, -0.25) is 4.79 Å². The summed E-state index contributed by atoms with van der Waals surface area (Å²) < 4.78 is 0. The van der Waals surface area contributed by atoms with Crippen LogP contribution >= 0.6 is 0 Å². The van der Waals surface area contributed by atoms with Gasteiger partial charge in [0.25, 0.3) is 0 Å². The molecule has 0 bridgehead atoms. The van der Waals surface area contributed by atoms with E-state index >= 15 is 0 Å².